The average Bonchev–Trinajstić information content (AvgIpc) is 2.18. The van der Waals surface area contributed by atoms with Gasteiger partial charge in [0.05, 0.1) is 19.8 Å². The molecule has 92 valence electrons. The Labute approximate surface area is 99.4 Å². The maximum Gasteiger partial charge on any atom is 0.327 e. The van der Waals surface area contributed by atoms with E-state index < -0.39 is 17.5 Å². The van der Waals surface area contributed by atoms with Crippen molar-refractivity contribution in [3.8, 4) is 0 Å². The van der Waals surface area contributed by atoms with E-state index >= 15 is 0 Å². The van der Waals surface area contributed by atoms with Crippen LogP contribution in [0, 0.1) is 0 Å². The quantitative estimate of drug-likeness (QED) is 0.602. The minimum absolute atomic E-state index is 0.331. The zero-order chi connectivity index (χ0) is 11.7. The van der Waals surface area contributed by atoms with Gasteiger partial charge in [0.15, 0.2) is 0 Å². The van der Waals surface area contributed by atoms with Gasteiger partial charge in [-0.25, -0.2) is 0 Å². The molecule has 1 atom stereocenters. The van der Waals surface area contributed by atoms with Crippen LogP contribution in [0.15, 0.2) is 0 Å². The lowest BCUT2D eigenvalue weighted by atomic mass is 10.9. The summed E-state index contributed by atoms with van der Waals surface area (Å²) in [6.07, 6.45) is 0. The van der Waals surface area contributed by atoms with Crippen LogP contribution in [0.25, 0.3) is 0 Å². The van der Waals surface area contributed by atoms with E-state index in [1.54, 1.807) is 0 Å². The summed E-state index contributed by atoms with van der Waals surface area (Å²) in [5.41, 5.74) is 0. The van der Waals surface area contributed by atoms with Crippen molar-refractivity contribution in [2.75, 3.05) is 31.3 Å². The van der Waals surface area contributed by atoms with Gasteiger partial charge < -0.3 is 13.6 Å². The van der Waals surface area contributed by atoms with Gasteiger partial charge in [-0.2, -0.15) is 0 Å². The highest BCUT2D eigenvalue weighted by Crippen LogP contribution is 2.49. The summed E-state index contributed by atoms with van der Waals surface area (Å²) in [6.45, 7) is 4.23. The van der Waals surface area contributed by atoms with Gasteiger partial charge in [-0.3, -0.25) is 4.21 Å². The third-order valence-electron chi connectivity index (χ3n) is 1.46. The molecule has 0 aliphatic heterocycles. The van der Waals surface area contributed by atoms with E-state index in [-0.39, 0.29) is 0 Å². The summed E-state index contributed by atoms with van der Waals surface area (Å²) in [4.78, 5) is 0. The summed E-state index contributed by atoms with van der Waals surface area (Å²) < 4.78 is 27.0. The van der Waals surface area contributed by atoms with Gasteiger partial charge in [-0.1, -0.05) is 6.92 Å². The van der Waals surface area contributed by atoms with E-state index in [1.165, 1.54) is 0 Å². The van der Waals surface area contributed by atoms with Crippen molar-refractivity contribution in [1.29, 1.82) is 0 Å². The third kappa shape index (κ3) is 7.55. The summed E-state index contributed by atoms with van der Waals surface area (Å²) >= 11 is 5.13. The number of rotatable bonds is 9. The molecule has 0 amide bonds. The van der Waals surface area contributed by atoms with Gasteiger partial charge >= 0.3 is 6.72 Å². The van der Waals surface area contributed by atoms with Gasteiger partial charge in [0.1, 0.15) is 0 Å². The molecule has 0 N–H and O–H groups in total. The van der Waals surface area contributed by atoms with Crippen LogP contribution in [-0.2, 0) is 36.2 Å². The van der Waals surface area contributed by atoms with E-state index in [4.69, 9.17) is 25.4 Å². The molecule has 0 bridgehead atoms. The Morgan fingerprint density at radius 1 is 1.13 bits per heavy atom. The van der Waals surface area contributed by atoms with Crippen molar-refractivity contribution in [2.24, 2.45) is 0 Å². The van der Waals surface area contributed by atoms with Crippen molar-refractivity contribution in [1.82, 2.24) is 0 Å². The molecule has 0 aromatic carbocycles. The predicted molar refractivity (Wildman–Crippen MR) is 67.0 cm³/mol. The van der Waals surface area contributed by atoms with Gasteiger partial charge in [-0.05, 0) is 25.7 Å². The van der Waals surface area contributed by atoms with Crippen molar-refractivity contribution in [3.05, 3.63) is 0 Å². The van der Waals surface area contributed by atoms with Crippen LogP contribution in [0.4, 0.5) is 0 Å². The Morgan fingerprint density at radius 3 is 2.07 bits per heavy atom. The van der Waals surface area contributed by atoms with Crippen LogP contribution in [0.2, 0.25) is 0 Å². The third-order valence-corrected chi connectivity index (χ3v) is 5.32. The fourth-order valence-corrected chi connectivity index (χ4v) is 3.52. The highest BCUT2D eigenvalue weighted by atomic mass is 32.5. The standard InChI is InChI=1S/C8H19O4PS2/c1-4-10-13(14,11-5-2)12-7-8-15(9)6-3/h4-8H2,1-3H3. The maximum atomic E-state index is 11.1. The van der Waals surface area contributed by atoms with Crippen LogP contribution in [0.1, 0.15) is 20.8 Å². The van der Waals surface area contributed by atoms with Crippen molar-refractivity contribution in [3.63, 3.8) is 0 Å². The molecule has 0 aromatic heterocycles. The second-order valence-electron chi connectivity index (χ2n) is 2.55. The predicted octanol–water partition coefficient (Wildman–Crippen LogP) is 2.07. The lowest BCUT2D eigenvalue weighted by Gasteiger charge is -2.20. The first-order valence-corrected chi connectivity index (χ1v) is 9.01. The van der Waals surface area contributed by atoms with E-state index in [2.05, 4.69) is 0 Å². The molecule has 0 rings (SSSR count). The normalized spacial score (nSPS) is 14.1. The van der Waals surface area contributed by atoms with Gasteiger partial charge in [0, 0.05) is 22.3 Å². The topological polar surface area (TPSA) is 44.8 Å². The molecule has 0 aliphatic rings. The summed E-state index contributed by atoms with van der Waals surface area (Å²) in [7, 11) is -0.834. The Bertz CT molecular complexity index is 225. The zero-order valence-electron chi connectivity index (χ0n) is 9.43. The van der Waals surface area contributed by atoms with E-state index in [0.29, 0.717) is 31.3 Å². The second-order valence-corrected chi connectivity index (χ2v) is 7.42. The molecule has 0 saturated carbocycles. The molecule has 1 unspecified atom stereocenters. The molecular weight excluding hydrogens is 255 g/mol. The fraction of sp³-hybridized carbons (Fsp3) is 1.00. The molecular formula is C8H19O4PS2. The number of hydrogen-bond donors (Lipinski definition) is 0. The Balaban J connectivity index is 3.96. The second kappa shape index (κ2) is 8.79. The average molecular weight is 274 g/mol. The number of hydrogen-bond acceptors (Lipinski definition) is 5. The van der Waals surface area contributed by atoms with E-state index in [9.17, 15) is 4.21 Å². The Hall–Kier alpha value is 0.680. The van der Waals surface area contributed by atoms with Gasteiger partial charge in [0.2, 0.25) is 0 Å². The molecule has 0 aliphatic carbocycles. The lowest BCUT2D eigenvalue weighted by Crippen LogP contribution is -2.08. The first kappa shape index (κ1) is 15.7. The fourth-order valence-electron chi connectivity index (χ4n) is 0.814. The maximum absolute atomic E-state index is 11.1. The Kier molecular flexibility index (Phi) is 9.19. The molecule has 0 heterocycles. The SMILES string of the molecule is CCOP(=S)(OCC)OCCS(=O)CC. The summed E-state index contributed by atoms with van der Waals surface area (Å²) in [5, 5.41) is 0. The summed E-state index contributed by atoms with van der Waals surface area (Å²) in [6, 6.07) is 0. The molecule has 7 heteroatoms. The first-order valence-electron chi connectivity index (χ1n) is 4.96. The van der Waals surface area contributed by atoms with Crippen molar-refractivity contribution >= 4 is 29.3 Å². The molecule has 0 fully saturated rings. The van der Waals surface area contributed by atoms with Crippen LogP contribution in [-0.4, -0.2) is 35.5 Å². The molecule has 0 radical (unpaired) electrons. The molecule has 4 nitrogen and oxygen atoms in total. The Morgan fingerprint density at radius 2 is 1.67 bits per heavy atom. The van der Waals surface area contributed by atoms with Crippen LogP contribution < -0.4 is 0 Å². The van der Waals surface area contributed by atoms with Crippen LogP contribution >= 0.6 is 6.72 Å². The largest absolute Gasteiger partial charge is 0.327 e. The van der Waals surface area contributed by atoms with Crippen molar-refractivity contribution < 1.29 is 17.8 Å². The van der Waals surface area contributed by atoms with Gasteiger partial charge in [0.25, 0.3) is 0 Å². The highest BCUT2D eigenvalue weighted by molar-refractivity contribution is 8.07. The first-order chi connectivity index (χ1) is 7.08. The van der Waals surface area contributed by atoms with E-state index in [0.717, 1.165) is 0 Å². The van der Waals surface area contributed by atoms with E-state index in [1.807, 2.05) is 20.8 Å². The minimum Gasteiger partial charge on any atom is -0.309 e. The lowest BCUT2D eigenvalue weighted by molar-refractivity contribution is 0.173. The molecule has 0 spiro atoms. The summed E-state index contributed by atoms with van der Waals surface area (Å²) in [5.74, 6) is 1.12. The zero-order valence-corrected chi connectivity index (χ0v) is 12.0. The monoisotopic (exact) mass is 274 g/mol. The smallest absolute Gasteiger partial charge is 0.309 e. The molecule has 0 saturated heterocycles. The van der Waals surface area contributed by atoms with Gasteiger partial charge in [-0.15, -0.1) is 0 Å². The minimum atomic E-state index is -2.59. The molecule has 0 aromatic rings. The van der Waals surface area contributed by atoms with Crippen LogP contribution in [0.5, 0.6) is 0 Å². The van der Waals surface area contributed by atoms with Crippen LogP contribution in [0.3, 0.4) is 0 Å². The van der Waals surface area contributed by atoms with Crippen molar-refractivity contribution in [2.45, 2.75) is 20.8 Å². The highest BCUT2D eigenvalue weighted by Gasteiger charge is 2.19. The molecule has 15 heavy (non-hydrogen) atoms.